The van der Waals surface area contributed by atoms with E-state index in [9.17, 15) is 14.4 Å². The number of carbonyl (C=O) groups is 1. The zero-order valence-electron chi connectivity index (χ0n) is 17.0. The smallest absolute Gasteiger partial charge is 0.330 e. The predicted molar refractivity (Wildman–Crippen MR) is 121 cm³/mol. The van der Waals surface area contributed by atoms with E-state index in [2.05, 4.69) is 4.98 Å². The lowest BCUT2D eigenvalue weighted by molar-refractivity contribution is -0.118. The summed E-state index contributed by atoms with van der Waals surface area (Å²) in [6.07, 6.45) is -0.0416. The van der Waals surface area contributed by atoms with Gasteiger partial charge in [-0.1, -0.05) is 60.1 Å². The number of anilines is 2. The molecule has 8 nitrogen and oxygen atoms in total. The lowest BCUT2D eigenvalue weighted by atomic mass is 10.1. The number of nitrogen functional groups attached to an aromatic ring is 1. The van der Waals surface area contributed by atoms with Crippen LogP contribution in [-0.2, 0) is 22.5 Å². The van der Waals surface area contributed by atoms with Crippen molar-refractivity contribution in [3.63, 3.8) is 0 Å². The molecular weight excluding hydrogens is 420 g/mol. The molecule has 0 bridgehead atoms. The van der Waals surface area contributed by atoms with Crippen molar-refractivity contribution in [2.24, 2.45) is 0 Å². The van der Waals surface area contributed by atoms with Gasteiger partial charge in [-0.25, -0.2) is 4.79 Å². The van der Waals surface area contributed by atoms with Gasteiger partial charge < -0.3 is 15.4 Å². The van der Waals surface area contributed by atoms with E-state index in [-0.39, 0.29) is 37.6 Å². The number of nitrogens with zero attached hydrogens (tertiary/aromatic N) is 2. The van der Waals surface area contributed by atoms with Crippen LogP contribution in [0.5, 0.6) is 0 Å². The average molecular weight is 443 g/mol. The van der Waals surface area contributed by atoms with E-state index in [0.29, 0.717) is 10.6 Å². The number of ether oxygens (including phenoxy) is 1. The molecule has 1 aromatic heterocycles. The number of halogens is 1. The molecule has 1 heterocycles. The minimum Gasteiger partial charge on any atom is -0.383 e. The van der Waals surface area contributed by atoms with Crippen LogP contribution in [0.15, 0.2) is 64.2 Å². The Balaban J connectivity index is 2.03. The molecule has 1 amide bonds. The number of carbonyl (C=O) groups excluding carboxylic acids is 1. The highest BCUT2D eigenvalue weighted by atomic mass is 35.5. The number of nitrogens with one attached hydrogen (secondary N) is 1. The summed E-state index contributed by atoms with van der Waals surface area (Å²) in [7, 11) is 1.49. The Kier molecular flexibility index (Phi) is 7.28. The summed E-state index contributed by atoms with van der Waals surface area (Å²) in [6, 6.07) is 16.2. The summed E-state index contributed by atoms with van der Waals surface area (Å²) >= 11 is 6.19. The van der Waals surface area contributed by atoms with Crippen molar-refractivity contribution in [3.05, 3.63) is 91.6 Å². The Morgan fingerprint density at radius 1 is 1.13 bits per heavy atom. The number of H-pyrrole nitrogens is 1. The number of hydrogen-bond acceptors (Lipinski definition) is 5. The molecule has 0 aliphatic heterocycles. The third-order valence-electron chi connectivity index (χ3n) is 4.79. The molecule has 0 saturated carbocycles. The van der Waals surface area contributed by atoms with Crippen molar-refractivity contribution in [1.29, 1.82) is 0 Å². The number of aromatic nitrogens is 2. The van der Waals surface area contributed by atoms with Gasteiger partial charge >= 0.3 is 5.69 Å². The molecule has 0 saturated heterocycles. The molecule has 0 radical (unpaired) electrons. The lowest BCUT2D eigenvalue weighted by Gasteiger charge is -2.24. The summed E-state index contributed by atoms with van der Waals surface area (Å²) in [6.45, 7) is 0.396. The monoisotopic (exact) mass is 442 g/mol. The first-order chi connectivity index (χ1) is 14.9. The standard InChI is InChI=1S/C22H23ClN4O4/c1-31-12-11-26(18(28)13-16-9-5-6-10-17(16)23)19-20(24)27(22(30)25-21(19)29)14-15-7-3-2-4-8-15/h2-10H,11-14,24H2,1H3,(H,25,29,30). The van der Waals surface area contributed by atoms with E-state index < -0.39 is 17.2 Å². The third kappa shape index (κ3) is 5.22. The molecule has 0 fully saturated rings. The molecule has 3 N–H and O–H groups in total. The lowest BCUT2D eigenvalue weighted by Crippen LogP contribution is -2.43. The Labute approximate surface area is 183 Å². The normalized spacial score (nSPS) is 10.8. The Hall–Kier alpha value is -3.36. The van der Waals surface area contributed by atoms with Gasteiger partial charge in [-0.2, -0.15) is 0 Å². The zero-order chi connectivity index (χ0) is 22.4. The predicted octanol–water partition coefficient (Wildman–Crippen LogP) is 2.04. The number of aromatic amines is 1. The van der Waals surface area contributed by atoms with E-state index in [1.807, 2.05) is 30.3 Å². The van der Waals surface area contributed by atoms with Crippen LogP contribution in [0.3, 0.4) is 0 Å². The van der Waals surface area contributed by atoms with Gasteiger partial charge in [-0.05, 0) is 17.2 Å². The van der Waals surface area contributed by atoms with Gasteiger partial charge in [-0.3, -0.25) is 19.1 Å². The number of benzene rings is 2. The first kappa shape index (κ1) is 22.3. The number of nitrogens with two attached hydrogens (primary N) is 1. The molecule has 3 aromatic rings. The zero-order valence-corrected chi connectivity index (χ0v) is 17.8. The molecule has 0 spiro atoms. The van der Waals surface area contributed by atoms with Crippen LogP contribution in [-0.4, -0.2) is 35.7 Å². The van der Waals surface area contributed by atoms with E-state index in [4.69, 9.17) is 22.1 Å². The Morgan fingerprint density at radius 2 is 1.81 bits per heavy atom. The van der Waals surface area contributed by atoms with Crippen LogP contribution < -0.4 is 21.9 Å². The third-order valence-corrected chi connectivity index (χ3v) is 5.16. The Bertz CT molecular complexity index is 1170. The summed E-state index contributed by atoms with van der Waals surface area (Å²) in [5.41, 5.74) is 6.20. The van der Waals surface area contributed by atoms with Crippen molar-refractivity contribution in [1.82, 2.24) is 9.55 Å². The maximum Gasteiger partial charge on any atom is 0.330 e. The second-order valence-electron chi connectivity index (χ2n) is 6.87. The fourth-order valence-corrected chi connectivity index (χ4v) is 3.41. The first-order valence-corrected chi connectivity index (χ1v) is 9.99. The SMILES string of the molecule is COCCN(C(=O)Cc1ccccc1Cl)c1c(N)n(Cc2ccccc2)c(=O)[nH]c1=O. The van der Waals surface area contributed by atoms with Crippen LogP contribution in [0.2, 0.25) is 5.02 Å². The molecule has 0 aliphatic rings. The quantitative estimate of drug-likeness (QED) is 0.554. The van der Waals surface area contributed by atoms with Crippen LogP contribution >= 0.6 is 11.6 Å². The number of hydrogen-bond donors (Lipinski definition) is 2. The van der Waals surface area contributed by atoms with Gasteiger partial charge in [-0.15, -0.1) is 0 Å². The highest BCUT2D eigenvalue weighted by molar-refractivity contribution is 6.31. The van der Waals surface area contributed by atoms with Crippen LogP contribution in [0.1, 0.15) is 11.1 Å². The van der Waals surface area contributed by atoms with E-state index in [1.54, 1.807) is 24.3 Å². The van der Waals surface area contributed by atoms with Gasteiger partial charge in [0.1, 0.15) is 5.82 Å². The topological polar surface area (TPSA) is 110 Å². The second kappa shape index (κ2) is 10.1. The number of methoxy groups -OCH3 is 1. The summed E-state index contributed by atoms with van der Waals surface area (Å²) in [5.74, 6) is -0.492. The molecule has 0 atom stereocenters. The molecule has 3 rings (SSSR count). The van der Waals surface area contributed by atoms with E-state index in [1.165, 1.54) is 16.6 Å². The minimum absolute atomic E-state index is 0.0416. The van der Waals surface area contributed by atoms with E-state index >= 15 is 0 Å². The van der Waals surface area contributed by atoms with Gasteiger partial charge in [0.25, 0.3) is 5.56 Å². The fraction of sp³-hybridized carbons (Fsp3) is 0.227. The van der Waals surface area contributed by atoms with Gasteiger partial charge in [0.05, 0.1) is 19.6 Å². The fourth-order valence-electron chi connectivity index (χ4n) is 3.21. The van der Waals surface area contributed by atoms with Gasteiger partial charge in [0.15, 0.2) is 5.69 Å². The second-order valence-corrected chi connectivity index (χ2v) is 7.28. The van der Waals surface area contributed by atoms with E-state index in [0.717, 1.165) is 5.56 Å². The van der Waals surface area contributed by atoms with Crippen molar-refractivity contribution >= 4 is 29.0 Å². The number of rotatable bonds is 8. The molecule has 162 valence electrons. The molecule has 9 heteroatoms. The average Bonchev–Trinajstić information content (AvgIpc) is 2.75. The van der Waals surface area contributed by atoms with Crippen LogP contribution in [0.25, 0.3) is 0 Å². The summed E-state index contributed by atoms with van der Waals surface area (Å²) in [5, 5.41) is 0.443. The van der Waals surface area contributed by atoms with Crippen molar-refractivity contribution < 1.29 is 9.53 Å². The minimum atomic E-state index is -0.740. The summed E-state index contributed by atoms with van der Waals surface area (Å²) < 4.78 is 6.34. The first-order valence-electron chi connectivity index (χ1n) is 9.61. The van der Waals surface area contributed by atoms with Crippen LogP contribution in [0.4, 0.5) is 11.5 Å². The highest BCUT2D eigenvalue weighted by Crippen LogP contribution is 2.21. The Morgan fingerprint density at radius 3 is 2.48 bits per heavy atom. The maximum atomic E-state index is 13.1. The van der Waals surface area contributed by atoms with Crippen molar-refractivity contribution in [2.75, 3.05) is 30.9 Å². The highest BCUT2D eigenvalue weighted by Gasteiger charge is 2.24. The van der Waals surface area contributed by atoms with Gasteiger partial charge in [0.2, 0.25) is 5.91 Å². The molecular formula is C22H23ClN4O4. The molecule has 31 heavy (non-hydrogen) atoms. The van der Waals surface area contributed by atoms with Gasteiger partial charge in [0, 0.05) is 18.7 Å². The van der Waals surface area contributed by atoms with Crippen molar-refractivity contribution in [3.8, 4) is 0 Å². The molecule has 2 aromatic carbocycles. The van der Waals surface area contributed by atoms with Crippen LogP contribution in [0, 0.1) is 0 Å². The maximum absolute atomic E-state index is 13.1. The number of amides is 1. The molecule has 0 unspecified atom stereocenters. The summed E-state index contributed by atoms with van der Waals surface area (Å²) in [4.78, 5) is 41.8. The largest absolute Gasteiger partial charge is 0.383 e. The van der Waals surface area contributed by atoms with Crippen molar-refractivity contribution in [2.45, 2.75) is 13.0 Å². The molecule has 0 aliphatic carbocycles.